The first-order valence-electron chi connectivity index (χ1n) is 11.8. The summed E-state index contributed by atoms with van der Waals surface area (Å²) in [6.07, 6.45) is 4.14. The third-order valence-electron chi connectivity index (χ3n) is 5.82. The van der Waals surface area contributed by atoms with Gasteiger partial charge in [-0.25, -0.2) is 13.9 Å². The largest absolute Gasteiger partial charge is 0.494 e. The van der Waals surface area contributed by atoms with Crippen LogP contribution in [0.15, 0.2) is 41.5 Å². The number of carboxylic acids is 1. The molecule has 0 amide bonds. The number of rotatable bonds is 9. The number of aromatic nitrogens is 4. The molecule has 202 valence electrons. The molecule has 0 radical (unpaired) electrons. The first-order chi connectivity index (χ1) is 18.7. The Hall–Kier alpha value is -4.65. The van der Waals surface area contributed by atoms with Crippen molar-refractivity contribution in [1.82, 2.24) is 19.2 Å². The molecule has 0 unspecified atom stereocenters. The van der Waals surface area contributed by atoms with Crippen molar-refractivity contribution < 1.29 is 34.0 Å². The number of nitrogens with one attached hydrogen (secondary N) is 1. The second-order valence-corrected chi connectivity index (χ2v) is 9.27. The molecule has 3 aromatic heterocycles. The number of benzene rings is 1. The van der Waals surface area contributed by atoms with E-state index in [1.165, 1.54) is 41.1 Å². The van der Waals surface area contributed by atoms with Gasteiger partial charge in [0.15, 0.2) is 23.7 Å². The number of ether oxygens (including phenoxy) is 1. The van der Waals surface area contributed by atoms with E-state index in [9.17, 15) is 24.2 Å². The molecule has 14 heteroatoms. The molecule has 0 aliphatic heterocycles. The van der Waals surface area contributed by atoms with Gasteiger partial charge in [0.05, 0.1) is 30.8 Å². The summed E-state index contributed by atoms with van der Waals surface area (Å²) in [5, 5.41) is 37.7. The van der Waals surface area contributed by atoms with Crippen LogP contribution in [0.4, 0.5) is 15.9 Å². The molecule has 5 rings (SSSR count). The van der Waals surface area contributed by atoms with Gasteiger partial charge in [-0.1, -0.05) is 11.6 Å². The van der Waals surface area contributed by atoms with E-state index >= 15 is 0 Å². The van der Waals surface area contributed by atoms with E-state index < -0.39 is 42.7 Å². The summed E-state index contributed by atoms with van der Waals surface area (Å²) < 4.78 is 21.8. The van der Waals surface area contributed by atoms with Crippen LogP contribution in [0.1, 0.15) is 31.2 Å². The second kappa shape index (κ2) is 10.6. The van der Waals surface area contributed by atoms with E-state index in [1.54, 1.807) is 6.07 Å². The van der Waals surface area contributed by atoms with Gasteiger partial charge in [-0.05, 0) is 37.1 Å². The highest BCUT2D eigenvalue weighted by Crippen LogP contribution is 2.28. The molecule has 3 heterocycles. The Balaban J connectivity index is 1.50. The highest BCUT2D eigenvalue weighted by molar-refractivity contribution is 6.30. The molecule has 1 fully saturated rings. The standard InChI is InChI=1S/C25H22ClFN6O6/c26-15-1-4-17(27)18(9-15)30-19-10-20(29-16-2-3-16)33-24(31-19)14(11-28-33)7-13-8-21(34)32(25(13)38)12-39-23(37)6-5-22(35)36/h1,4,7-11,16,30,34,38H,2-3,5-6,12H2,(H,35,36). The molecular formula is C25H22ClFN6O6. The van der Waals surface area contributed by atoms with Crippen LogP contribution in [0.25, 0.3) is 11.7 Å². The lowest BCUT2D eigenvalue weighted by molar-refractivity contribution is -0.150. The van der Waals surface area contributed by atoms with Crippen molar-refractivity contribution in [3.8, 4) is 11.8 Å². The molecule has 0 bridgehead atoms. The normalized spacial score (nSPS) is 14.2. The second-order valence-electron chi connectivity index (χ2n) is 8.84. The minimum Gasteiger partial charge on any atom is -0.494 e. The van der Waals surface area contributed by atoms with Crippen LogP contribution in [0, 0.1) is 5.82 Å². The minimum atomic E-state index is -1.15. The Morgan fingerprint density at radius 2 is 2.03 bits per heavy atom. The summed E-state index contributed by atoms with van der Waals surface area (Å²) in [6, 6.07) is 7.14. The molecule has 0 spiro atoms. The first-order valence-corrected chi connectivity index (χ1v) is 12.2. The zero-order chi connectivity index (χ0) is 27.7. The number of esters is 1. The third-order valence-corrected chi connectivity index (χ3v) is 6.05. The summed E-state index contributed by atoms with van der Waals surface area (Å²) in [4.78, 5) is 31.6. The number of nitrogens with zero attached hydrogens (tertiary/aromatic N) is 5. The topological polar surface area (TPSA) is 164 Å². The van der Waals surface area contributed by atoms with Crippen molar-refractivity contribution in [2.75, 3.05) is 5.32 Å². The van der Waals surface area contributed by atoms with Gasteiger partial charge < -0.3 is 25.4 Å². The van der Waals surface area contributed by atoms with Gasteiger partial charge >= 0.3 is 11.9 Å². The fraction of sp³-hybridized carbons (Fsp3) is 0.240. The molecule has 1 aliphatic rings. The fourth-order valence-electron chi connectivity index (χ4n) is 3.71. The molecule has 0 saturated heterocycles. The highest BCUT2D eigenvalue weighted by atomic mass is 35.5. The summed E-state index contributed by atoms with van der Waals surface area (Å²) in [5.41, 5.74) is 1.13. The lowest BCUT2D eigenvalue weighted by Gasteiger charge is -2.08. The van der Waals surface area contributed by atoms with Crippen molar-refractivity contribution in [2.24, 2.45) is 4.99 Å². The molecule has 12 nitrogen and oxygen atoms in total. The molecule has 1 aliphatic carbocycles. The van der Waals surface area contributed by atoms with Gasteiger partial charge in [0.25, 0.3) is 0 Å². The molecule has 0 atom stereocenters. The van der Waals surface area contributed by atoms with Crippen LogP contribution in [-0.2, 0) is 21.1 Å². The smallest absolute Gasteiger partial charge is 0.308 e. The third kappa shape index (κ3) is 5.93. The Bertz CT molecular complexity index is 1710. The summed E-state index contributed by atoms with van der Waals surface area (Å²) in [7, 11) is 0. The van der Waals surface area contributed by atoms with E-state index in [1.807, 2.05) is 0 Å². The maximum Gasteiger partial charge on any atom is 0.308 e. The number of carbonyl (C=O) groups excluding carboxylic acids is 1. The van der Waals surface area contributed by atoms with Crippen molar-refractivity contribution >= 4 is 46.8 Å². The van der Waals surface area contributed by atoms with Crippen molar-refractivity contribution in [3.05, 3.63) is 63.6 Å². The van der Waals surface area contributed by atoms with Gasteiger partial charge in [-0.2, -0.15) is 9.61 Å². The van der Waals surface area contributed by atoms with E-state index in [0.29, 0.717) is 21.4 Å². The Morgan fingerprint density at radius 3 is 2.77 bits per heavy atom. The average molecular weight is 557 g/mol. The summed E-state index contributed by atoms with van der Waals surface area (Å²) in [5.74, 6) is -2.98. The summed E-state index contributed by atoms with van der Waals surface area (Å²) >= 11 is 6.02. The van der Waals surface area contributed by atoms with Crippen LogP contribution in [-0.4, -0.2) is 52.5 Å². The lowest BCUT2D eigenvalue weighted by atomic mass is 10.2. The van der Waals surface area contributed by atoms with Crippen molar-refractivity contribution in [3.63, 3.8) is 0 Å². The van der Waals surface area contributed by atoms with Crippen LogP contribution < -0.4 is 16.0 Å². The van der Waals surface area contributed by atoms with Crippen molar-refractivity contribution in [2.45, 2.75) is 38.5 Å². The van der Waals surface area contributed by atoms with E-state index in [4.69, 9.17) is 21.4 Å². The molecule has 4 aromatic rings. The Morgan fingerprint density at radius 1 is 1.23 bits per heavy atom. The van der Waals surface area contributed by atoms with Crippen LogP contribution in [0.2, 0.25) is 5.02 Å². The predicted molar refractivity (Wildman–Crippen MR) is 136 cm³/mol. The zero-order valence-corrected chi connectivity index (χ0v) is 21.0. The Kier molecular flexibility index (Phi) is 7.07. The Labute approximate surface area is 224 Å². The fourth-order valence-corrected chi connectivity index (χ4v) is 3.88. The highest BCUT2D eigenvalue weighted by Gasteiger charge is 2.21. The first kappa shape index (κ1) is 26.0. The SMILES string of the molecule is O=C(O)CCC(=O)OCn1c(O)cc(C=c2cnn3c(=NC4CC4)cc(Nc4cc(Cl)ccc4F)nc23)c1O. The zero-order valence-electron chi connectivity index (χ0n) is 20.2. The maximum atomic E-state index is 14.4. The summed E-state index contributed by atoms with van der Waals surface area (Å²) in [6.45, 7) is -0.527. The van der Waals surface area contributed by atoms with E-state index in [-0.39, 0.29) is 29.5 Å². The van der Waals surface area contributed by atoms with Gasteiger partial charge in [0.1, 0.15) is 11.6 Å². The van der Waals surface area contributed by atoms with Crippen molar-refractivity contribution in [1.29, 1.82) is 0 Å². The number of aromatic hydroxyl groups is 2. The van der Waals surface area contributed by atoms with E-state index in [2.05, 4.69) is 20.4 Å². The van der Waals surface area contributed by atoms with Gasteiger partial charge in [-0.3, -0.25) is 14.6 Å². The number of anilines is 2. The number of carboxylic acid groups (broad SMARTS) is 1. The number of hydrogen-bond donors (Lipinski definition) is 4. The number of halogens is 2. The predicted octanol–water partition coefficient (Wildman–Crippen LogP) is 2.45. The molecule has 1 aromatic carbocycles. The molecule has 1 saturated carbocycles. The van der Waals surface area contributed by atoms with Gasteiger partial charge in [0.2, 0.25) is 5.88 Å². The van der Waals surface area contributed by atoms with E-state index in [0.717, 1.165) is 17.4 Å². The maximum absolute atomic E-state index is 14.4. The van der Waals surface area contributed by atoms with Gasteiger partial charge in [0, 0.05) is 27.9 Å². The number of fused-ring (bicyclic) bond motifs is 1. The monoisotopic (exact) mass is 556 g/mol. The van der Waals surface area contributed by atoms with Crippen LogP contribution in [0.3, 0.4) is 0 Å². The quantitative estimate of drug-likeness (QED) is 0.227. The minimum absolute atomic E-state index is 0.124. The number of aliphatic carboxylic acids is 1. The molecule has 39 heavy (non-hydrogen) atoms. The van der Waals surface area contributed by atoms with Crippen LogP contribution >= 0.6 is 11.6 Å². The average Bonchev–Trinajstić information content (AvgIpc) is 3.55. The lowest BCUT2D eigenvalue weighted by Crippen LogP contribution is -2.20. The van der Waals surface area contributed by atoms with Gasteiger partial charge in [-0.15, -0.1) is 0 Å². The molecular weight excluding hydrogens is 535 g/mol. The van der Waals surface area contributed by atoms with Crippen LogP contribution in [0.5, 0.6) is 11.8 Å². The number of hydrogen-bond acceptors (Lipinski definition) is 9. The molecule has 4 N–H and O–H groups in total. The number of carbonyl (C=O) groups is 2.